The van der Waals surface area contributed by atoms with Crippen LogP contribution in [0.1, 0.15) is 44.6 Å². The highest BCUT2D eigenvalue weighted by atomic mass is 19.1. The van der Waals surface area contributed by atoms with Crippen molar-refractivity contribution in [1.82, 2.24) is 14.9 Å². The van der Waals surface area contributed by atoms with Gasteiger partial charge in [0.05, 0.1) is 17.1 Å². The largest absolute Gasteiger partial charge is 0.323 e. The first kappa shape index (κ1) is 11.7. The first-order valence-electron chi connectivity index (χ1n) is 6.61. The summed E-state index contributed by atoms with van der Waals surface area (Å²) in [6.45, 7) is 5.10. The van der Waals surface area contributed by atoms with Crippen LogP contribution in [0.15, 0.2) is 18.2 Å². The molecule has 18 heavy (non-hydrogen) atoms. The van der Waals surface area contributed by atoms with Crippen molar-refractivity contribution in [2.24, 2.45) is 0 Å². The van der Waals surface area contributed by atoms with Gasteiger partial charge < -0.3 is 9.88 Å². The lowest BCUT2D eigenvalue weighted by atomic mass is 10.3. The van der Waals surface area contributed by atoms with Gasteiger partial charge in [-0.05, 0) is 44.5 Å². The van der Waals surface area contributed by atoms with E-state index in [1.54, 1.807) is 12.1 Å². The molecule has 0 radical (unpaired) electrons. The number of rotatable bonds is 4. The molecule has 1 aliphatic carbocycles. The summed E-state index contributed by atoms with van der Waals surface area (Å²) in [4.78, 5) is 4.67. The molecule has 0 bridgehead atoms. The van der Waals surface area contributed by atoms with Crippen LogP contribution in [0, 0.1) is 5.82 Å². The Morgan fingerprint density at radius 2 is 2.28 bits per heavy atom. The van der Waals surface area contributed by atoms with Gasteiger partial charge in [0.15, 0.2) is 0 Å². The predicted molar refractivity (Wildman–Crippen MR) is 70.1 cm³/mol. The molecule has 96 valence electrons. The van der Waals surface area contributed by atoms with E-state index in [4.69, 9.17) is 0 Å². The number of aromatic nitrogens is 2. The van der Waals surface area contributed by atoms with E-state index in [1.165, 1.54) is 18.9 Å². The number of fused-ring (bicyclic) bond motifs is 1. The summed E-state index contributed by atoms with van der Waals surface area (Å²) < 4.78 is 15.6. The monoisotopic (exact) mass is 247 g/mol. The Balaban J connectivity index is 2.15. The molecule has 3 nitrogen and oxygen atoms in total. The average Bonchev–Trinajstić information content (AvgIpc) is 3.10. The predicted octanol–water partition coefficient (Wildman–Crippen LogP) is 3.18. The van der Waals surface area contributed by atoms with Gasteiger partial charge in [-0.1, -0.05) is 6.92 Å². The van der Waals surface area contributed by atoms with Crippen molar-refractivity contribution in [1.29, 1.82) is 0 Å². The molecule has 0 aliphatic heterocycles. The van der Waals surface area contributed by atoms with Gasteiger partial charge in [0.1, 0.15) is 11.6 Å². The third-order valence-corrected chi connectivity index (χ3v) is 3.49. The van der Waals surface area contributed by atoms with Crippen LogP contribution in [-0.4, -0.2) is 16.1 Å². The number of halogens is 1. The highest BCUT2D eigenvalue weighted by Crippen LogP contribution is 2.40. The van der Waals surface area contributed by atoms with Crippen molar-refractivity contribution < 1.29 is 4.39 Å². The van der Waals surface area contributed by atoms with E-state index in [0.29, 0.717) is 6.04 Å². The maximum absolute atomic E-state index is 13.4. The molecule has 4 heteroatoms. The second kappa shape index (κ2) is 4.35. The summed E-state index contributed by atoms with van der Waals surface area (Å²) >= 11 is 0. The molecule has 3 rings (SSSR count). The van der Waals surface area contributed by atoms with Crippen LogP contribution in [0.2, 0.25) is 0 Å². The maximum Gasteiger partial charge on any atom is 0.127 e. The Morgan fingerprint density at radius 3 is 2.94 bits per heavy atom. The number of hydrogen-bond acceptors (Lipinski definition) is 2. The van der Waals surface area contributed by atoms with Crippen LogP contribution in [-0.2, 0) is 0 Å². The van der Waals surface area contributed by atoms with Crippen LogP contribution in [0.5, 0.6) is 0 Å². The molecule has 1 aromatic heterocycles. The lowest BCUT2D eigenvalue weighted by molar-refractivity contribution is 0.533. The third-order valence-electron chi connectivity index (χ3n) is 3.49. The van der Waals surface area contributed by atoms with Gasteiger partial charge in [-0.3, -0.25) is 0 Å². The molecular formula is C14H18FN3. The van der Waals surface area contributed by atoms with Gasteiger partial charge in [0.25, 0.3) is 0 Å². The normalized spacial score (nSPS) is 17.3. The Labute approximate surface area is 106 Å². The van der Waals surface area contributed by atoms with Gasteiger partial charge in [0.2, 0.25) is 0 Å². The zero-order valence-corrected chi connectivity index (χ0v) is 10.8. The molecule has 1 fully saturated rings. The fourth-order valence-electron chi connectivity index (χ4n) is 2.50. The van der Waals surface area contributed by atoms with Crippen molar-refractivity contribution in [2.75, 3.05) is 6.54 Å². The Hall–Kier alpha value is -1.42. The van der Waals surface area contributed by atoms with Crippen LogP contribution in [0.25, 0.3) is 11.0 Å². The van der Waals surface area contributed by atoms with Crippen LogP contribution < -0.4 is 5.32 Å². The molecule has 1 N–H and O–H groups in total. The SMILES string of the molecule is CCNC(C)c1nc2ccc(F)cc2n1C1CC1. The van der Waals surface area contributed by atoms with E-state index in [2.05, 4.69) is 28.7 Å². The van der Waals surface area contributed by atoms with Gasteiger partial charge in [-0.25, -0.2) is 9.37 Å². The van der Waals surface area contributed by atoms with Crippen LogP contribution >= 0.6 is 0 Å². The fourth-order valence-corrected chi connectivity index (χ4v) is 2.50. The standard InChI is InChI=1S/C14H18FN3/c1-3-16-9(2)14-17-12-7-4-10(15)8-13(12)18(14)11-5-6-11/h4,7-9,11,16H,3,5-6H2,1-2H3. The first-order chi connectivity index (χ1) is 8.70. The Morgan fingerprint density at radius 1 is 1.50 bits per heavy atom. The summed E-state index contributed by atoms with van der Waals surface area (Å²) in [6, 6.07) is 5.56. The molecule has 1 aliphatic rings. The van der Waals surface area contributed by atoms with E-state index in [1.807, 2.05) is 0 Å². The zero-order valence-electron chi connectivity index (χ0n) is 10.8. The number of imidazole rings is 1. The second-order valence-electron chi connectivity index (χ2n) is 4.98. The lowest BCUT2D eigenvalue weighted by Crippen LogP contribution is -2.21. The smallest absolute Gasteiger partial charge is 0.127 e. The summed E-state index contributed by atoms with van der Waals surface area (Å²) in [5, 5.41) is 3.38. The highest BCUT2D eigenvalue weighted by Gasteiger charge is 2.29. The molecule has 2 aromatic rings. The van der Waals surface area contributed by atoms with E-state index in [-0.39, 0.29) is 11.9 Å². The highest BCUT2D eigenvalue weighted by molar-refractivity contribution is 5.76. The molecular weight excluding hydrogens is 229 g/mol. The van der Waals surface area contributed by atoms with Crippen molar-refractivity contribution in [3.63, 3.8) is 0 Å². The third kappa shape index (κ3) is 1.90. The lowest BCUT2D eigenvalue weighted by Gasteiger charge is -2.14. The van der Waals surface area contributed by atoms with Crippen molar-refractivity contribution in [2.45, 2.75) is 38.8 Å². The number of nitrogens with one attached hydrogen (secondary N) is 1. The van der Waals surface area contributed by atoms with Crippen LogP contribution in [0.4, 0.5) is 4.39 Å². The van der Waals surface area contributed by atoms with Gasteiger partial charge in [-0.2, -0.15) is 0 Å². The minimum atomic E-state index is -0.188. The van der Waals surface area contributed by atoms with Crippen molar-refractivity contribution in [3.05, 3.63) is 29.8 Å². The van der Waals surface area contributed by atoms with Gasteiger partial charge >= 0.3 is 0 Å². The topological polar surface area (TPSA) is 29.9 Å². The summed E-state index contributed by atoms with van der Waals surface area (Å²) in [6.07, 6.45) is 2.35. The van der Waals surface area contributed by atoms with Gasteiger partial charge in [0, 0.05) is 6.04 Å². The second-order valence-corrected chi connectivity index (χ2v) is 4.98. The molecule has 1 unspecified atom stereocenters. The van der Waals surface area contributed by atoms with E-state index in [9.17, 15) is 4.39 Å². The number of benzene rings is 1. The Kier molecular flexibility index (Phi) is 2.82. The summed E-state index contributed by atoms with van der Waals surface area (Å²) in [5.74, 6) is 0.840. The van der Waals surface area contributed by atoms with Crippen LogP contribution in [0.3, 0.4) is 0 Å². The minimum Gasteiger partial charge on any atom is -0.323 e. The summed E-state index contributed by atoms with van der Waals surface area (Å²) in [7, 11) is 0. The minimum absolute atomic E-state index is 0.188. The molecule has 1 saturated carbocycles. The van der Waals surface area contributed by atoms with E-state index >= 15 is 0 Å². The zero-order chi connectivity index (χ0) is 12.7. The molecule has 0 saturated heterocycles. The molecule has 1 heterocycles. The maximum atomic E-state index is 13.4. The molecule has 1 aromatic carbocycles. The fraction of sp³-hybridized carbons (Fsp3) is 0.500. The van der Waals surface area contributed by atoms with E-state index in [0.717, 1.165) is 23.4 Å². The van der Waals surface area contributed by atoms with E-state index < -0.39 is 0 Å². The molecule has 0 spiro atoms. The number of hydrogen-bond donors (Lipinski definition) is 1. The first-order valence-corrected chi connectivity index (χ1v) is 6.61. The Bertz CT molecular complexity index is 572. The van der Waals surface area contributed by atoms with Crippen molar-refractivity contribution in [3.8, 4) is 0 Å². The van der Waals surface area contributed by atoms with Crippen molar-refractivity contribution >= 4 is 11.0 Å². The number of nitrogens with zero attached hydrogens (tertiary/aromatic N) is 2. The quantitative estimate of drug-likeness (QED) is 0.899. The molecule has 0 amide bonds. The average molecular weight is 247 g/mol. The summed E-state index contributed by atoms with van der Waals surface area (Å²) in [5.41, 5.74) is 1.82. The molecule has 1 atom stereocenters. The van der Waals surface area contributed by atoms with Gasteiger partial charge in [-0.15, -0.1) is 0 Å².